The monoisotopic (exact) mass is 306 g/mol. The van der Waals surface area contributed by atoms with Gasteiger partial charge in [0.1, 0.15) is 11.3 Å². The molecule has 2 heterocycles. The van der Waals surface area contributed by atoms with Crippen LogP contribution in [0, 0.1) is 18.8 Å². The van der Waals surface area contributed by atoms with Gasteiger partial charge in [0.15, 0.2) is 5.65 Å². The van der Waals surface area contributed by atoms with E-state index in [0.29, 0.717) is 11.9 Å². The second-order valence-corrected chi connectivity index (χ2v) is 6.95. The maximum absolute atomic E-state index is 6.04. The zero-order chi connectivity index (χ0) is 14.6. The summed E-state index contributed by atoms with van der Waals surface area (Å²) < 4.78 is 4.66. The van der Waals surface area contributed by atoms with Crippen molar-refractivity contribution < 1.29 is 0 Å². The van der Waals surface area contributed by atoms with Crippen LogP contribution in [0.25, 0.3) is 11.2 Å². The summed E-state index contributed by atoms with van der Waals surface area (Å²) in [6.45, 7) is 5.13. The van der Waals surface area contributed by atoms with E-state index in [1.807, 2.05) is 0 Å². The largest absolute Gasteiger partial charge is 0.309 e. The van der Waals surface area contributed by atoms with E-state index < -0.39 is 0 Å². The molecule has 0 unspecified atom stereocenters. The van der Waals surface area contributed by atoms with Gasteiger partial charge in [-0.25, -0.2) is 9.67 Å². The summed E-state index contributed by atoms with van der Waals surface area (Å²) in [6.07, 6.45) is 6.36. The fourth-order valence-electron chi connectivity index (χ4n) is 3.71. The number of alkyl halides is 1. The summed E-state index contributed by atoms with van der Waals surface area (Å²) in [5.41, 5.74) is 3.37. The highest BCUT2D eigenvalue weighted by Crippen LogP contribution is 2.53. The highest BCUT2D eigenvalue weighted by atomic mass is 35.5. The molecule has 4 nitrogen and oxygen atoms in total. The molecule has 0 atom stereocenters. The Kier molecular flexibility index (Phi) is 3.25. The van der Waals surface area contributed by atoms with E-state index in [4.69, 9.17) is 16.6 Å². The summed E-state index contributed by atoms with van der Waals surface area (Å²) in [7, 11) is 0. The number of rotatable bonds is 6. The van der Waals surface area contributed by atoms with Crippen molar-refractivity contribution in [2.75, 3.05) is 5.88 Å². The zero-order valence-corrected chi connectivity index (χ0v) is 13.6. The summed E-state index contributed by atoms with van der Waals surface area (Å²) in [5, 5.41) is 4.67. The summed E-state index contributed by atoms with van der Waals surface area (Å²) in [5.74, 6) is 3.51. The highest BCUT2D eigenvalue weighted by Gasteiger charge is 2.44. The van der Waals surface area contributed by atoms with Crippen molar-refractivity contribution in [1.29, 1.82) is 0 Å². The Morgan fingerprint density at radius 2 is 1.90 bits per heavy atom. The Bertz CT molecular complexity index is 651. The third kappa shape index (κ3) is 2.19. The number of hydrogen-bond acceptors (Lipinski definition) is 2. The molecular formula is C16H23ClN4. The number of imidazole rings is 1. The molecule has 2 aromatic heterocycles. The number of hydrogen-bond donors (Lipinski definition) is 0. The van der Waals surface area contributed by atoms with Crippen LogP contribution >= 0.6 is 11.6 Å². The lowest BCUT2D eigenvalue weighted by Gasteiger charge is -2.21. The molecule has 2 aliphatic rings. The first-order valence-corrected chi connectivity index (χ1v) is 8.78. The normalized spacial score (nSPS) is 19.0. The molecule has 0 bridgehead atoms. The van der Waals surface area contributed by atoms with E-state index in [9.17, 15) is 0 Å². The molecular weight excluding hydrogens is 284 g/mol. The second kappa shape index (κ2) is 5.01. The van der Waals surface area contributed by atoms with Crippen molar-refractivity contribution in [2.45, 2.75) is 58.5 Å². The minimum atomic E-state index is 0.634. The molecule has 4 rings (SSSR count). The van der Waals surface area contributed by atoms with E-state index in [2.05, 4.69) is 28.2 Å². The predicted molar refractivity (Wildman–Crippen MR) is 84.8 cm³/mol. The van der Waals surface area contributed by atoms with Crippen LogP contribution in [0.5, 0.6) is 0 Å². The van der Waals surface area contributed by atoms with Gasteiger partial charge in [0, 0.05) is 24.9 Å². The Morgan fingerprint density at radius 1 is 1.24 bits per heavy atom. The van der Waals surface area contributed by atoms with Crippen LogP contribution in [0.15, 0.2) is 0 Å². The number of nitrogens with zero attached hydrogens (tertiary/aromatic N) is 4. The van der Waals surface area contributed by atoms with Crippen molar-refractivity contribution in [3.05, 3.63) is 11.5 Å². The quantitative estimate of drug-likeness (QED) is 0.763. The van der Waals surface area contributed by atoms with Crippen LogP contribution in [0.4, 0.5) is 0 Å². The lowest BCUT2D eigenvalue weighted by atomic mass is 10.1. The molecule has 2 aliphatic carbocycles. The predicted octanol–water partition coefficient (Wildman–Crippen LogP) is 3.70. The van der Waals surface area contributed by atoms with Crippen LogP contribution in [-0.2, 0) is 13.0 Å². The van der Waals surface area contributed by atoms with Crippen molar-refractivity contribution >= 4 is 22.8 Å². The standard InChI is InChI=1S/C16H23ClN4/c1-3-20-16-14(10(2)19-20)18-13(8-9-17)21(16)15(11-4-5-11)12-6-7-12/h11-12,15H,3-9H2,1-2H3. The first-order valence-electron chi connectivity index (χ1n) is 8.24. The van der Waals surface area contributed by atoms with E-state index in [1.54, 1.807) is 0 Å². The summed E-state index contributed by atoms with van der Waals surface area (Å²) >= 11 is 6.04. The lowest BCUT2D eigenvalue weighted by Crippen LogP contribution is -2.19. The molecule has 0 saturated heterocycles. The van der Waals surface area contributed by atoms with Crippen molar-refractivity contribution in [2.24, 2.45) is 11.8 Å². The van der Waals surface area contributed by atoms with Gasteiger partial charge in [-0.2, -0.15) is 5.10 Å². The number of aryl methyl sites for hydroxylation is 3. The molecule has 2 fully saturated rings. The molecule has 2 saturated carbocycles. The molecule has 0 amide bonds. The fraction of sp³-hybridized carbons (Fsp3) is 0.750. The Balaban J connectivity index is 1.92. The molecule has 0 spiro atoms. The van der Waals surface area contributed by atoms with E-state index >= 15 is 0 Å². The molecule has 0 radical (unpaired) electrons. The lowest BCUT2D eigenvalue weighted by molar-refractivity contribution is 0.386. The fourth-order valence-corrected chi connectivity index (χ4v) is 3.88. The minimum absolute atomic E-state index is 0.634. The van der Waals surface area contributed by atoms with Gasteiger partial charge in [0.25, 0.3) is 0 Å². The number of halogens is 1. The first-order chi connectivity index (χ1) is 10.2. The number of fused-ring (bicyclic) bond motifs is 1. The molecule has 0 aliphatic heterocycles. The van der Waals surface area contributed by atoms with E-state index in [1.165, 1.54) is 37.2 Å². The van der Waals surface area contributed by atoms with Crippen LogP contribution in [0.3, 0.4) is 0 Å². The average Bonchev–Trinajstić information content (AvgIpc) is 3.37. The van der Waals surface area contributed by atoms with Crippen molar-refractivity contribution in [3.63, 3.8) is 0 Å². The van der Waals surface area contributed by atoms with Crippen LogP contribution in [-0.4, -0.2) is 25.2 Å². The van der Waals surface area contributed by atoms with Gasteiger partial charge < -0.3 is 4.57 Å². The topological polar surface area (TPSA) is 35.6 Å². The maximum atomic E-state index is 6.04. The maximum Gasteiger partial charge on any atom is 0.159 e. The van der Waals surface area contributed by atoms with E-state index in [-0.39, 0.29) is 0 Å². The summed E-state index contributed by atoms with van der Waals surface area (Å²) in [4.78, 5) is 4.91. The third-order valence-corrected chi connectivity index (χ3v) is 5.13. The summed E-state index contributed by atoms with van der Waals surface area (Å²) in [6, 6.07) is 0.634. The van der Waals surface area contributed by atoms with Gasteiger partial charge in [-0.1, -0.05) is 0 Å². The van der Waals surface area contributed by atoms with Gasteiger partial charge in [-0.15, -0.1) is 11.6 Å². The Hall–Kier alpha value is -1.03. The van der Waals surface area contributed by atoms with Crippen molar-refractivity contribution in [3.8, 4) is 0 Å². The van der Waals surface area contributed by atoms with Gasteiger partial charge in [-0.3, -0.25) is 0 Å². The van der Waals surface area contributed by atoms with Crippen LogP contribution < -0.4 is 0 Å². The highest BCUT2D eigenvalue weighted by molar-refractivity contribution is 6.17. The van der Waals surface area contributed by atoms with Gasteiger partial charge >= 0.3 is 0 Å². The first kappa shape index (κ1) is 13.6. The number of aromatic nitrogens is 4. The smallest absolute Gasteiger partial charge is 0.159 e. The molecule has 0 N–H and O–H groups in total. The van der Waals surface area contributed by atoms with Crippen LogP contribution in [0.1, 0.15) is 50.2 Å². The van der Waals surface area contributed by atoms with Crippen molar-refractivity contribution in [1.82, 2.24) is 19.3 Å². The molecule has 0 aromatic carbocycles. The zero-order valence-electron chi connectivity index (χ0n) is 12.8. The SMILES string of the molecule is CCn1nc(C)c2nc(CCCl)n(C(C3CC3)C3CC3)c21. The molecule has 21 heavy (non-hydrogen) atoms. The Labute approximate surface area is 130 Å². The van der Waals surface area contributed by atoms with Gasteiger partial charge in [0.2, 0.25) is 0 Å². The van der Waals surface area contributed by atoms with Gasteiger partial charge in [0.05, 0.1) is 5.69 Å². The second-order valence-electron chi connectivity index (χ2n) is 6.58. The molecule has 5 heteroatoms. The molecule has 2 aromatic rings. The average molecular weight is 307 g/mol. The van der Waals surface area contributed by atoms with Gasteiger partial charge in [-0.05, 0) is 51.4 Å². The Morgan fingerprint density at radius 3 is 2.43 bits per heavy atom. The van der Waals surface area contributed by atoms with Crippen LogP contribution in [0.2, 0.25) is 0 Å². The minimum Gasteiger partial charge on any atom is -0.309 e. The van der Waals surface area contributed by atoms with E-state index in [0.717, 1.165) is 36.0 Å². The third-order valence-electron chi connectivity index (χ3n) is 4.94. The molecule has 114 valence electrons.